The van der Waals surface area contributed by atoms with Gasteiger partial charge < -0.3 is 9.47 Å². The average Bonchev–Trinajstić information content (AvgIpc) is 2.65. The van der Waals surface area contributed by atoms with Crippen molar-refractivity contribution in [3.05, 3.63) is 52.3 Å². The first kappa shape index (κ1) is 14.6. The molecular weight excluding hydrogens is 318 g/mol. The third kappa shape index (κ3) is 2.42. The first-order valence-corrected chi connectivity index (χ1v) is 8.42. The molecule has 6 heteroatoms. The predicted octanol–water partition coefficient (Wildman–Crippen LogP) is 2.53. The van der Waals surface area contributed by atoms with Crippen LogP contribution in [-0.2, 0) is 11.3 Å². The highest BCUT2D eigenvalue weighted by atomic mass is 16.5. The lowest BCUT2D eigenvalue weighted by atomic mass is 9.99. The van der Waals surface area contributed by atoms with Crippen LogP contribution in [0.4, 0.5) is 0 Å². The van der Waals surface area contributed by atoms with Crippen LogP contribution in [0.1, 0.15) is 5.56 Å². The minimum absolute atomic E-state index is 0.197. The van der Waals surface area contributed by atoms with Crippen molar-refractivity contribution in [2.24, 2.45) is 0 Å². The summed E-state index contributed by atoms with van der Waals surface area (Å²) in [5.74, 6) is 1.45. The zero-order valence-corrected chi connectivity index (χ0v) is 13.6. The molecule has 0 spiro atoms. The van der Waals surface area contributed by atoms with E-state index in [2.05, 4.69) is 27.2 Å². The zero-order chi connectivity index (χ0) is 16.8. The van der Waals surface area contributed by atoms with E-state index in [0.717, 1.165) is 55.2 Å². The number of hydrogen-bond acceptors (Lipinski definition) is 5. The van der Waals surface area contributed by atoms with Gasteiger partial charge in [0.1, 0.15) is 17.2 Å². The SMILES string of the molecule is O=c1[nH]nc2c3c(cccc13)Oc1ccc(CN3CCOCC3)cc1-2. The molecule has 0 aliphatic carbocycles. The third-order valence-corrected chi connectivity index (χ3v) is 4.81. The van der Waals surface area contributed by atoms with E-state index in [0.29, 0.717) is 11.1 Å². The summed E-state index contributed by atoms with van der Waals surface area (Å²) in [6.07, 6.45) is 0. The van der Waals surface area contributed by atoms with E-state index < -0.39 is 0 Å². The van der Waals surface area contributed by atoms with Gasteiger partial charge in [0, 0.05) is 25.2 Å². The van der Waals surface area contributed by atoms with Crippen LogP contribution < -0.4 is 10.3 Å². The number of hydrogen-bond donors (Lipinski definition) is 1. The fourth-order valence-electron chi connectivity index (χ4n) is 3.55. The van der Waals surface area contributed by atoms with Gasteiger partial charge in [0.2, 0.25) is 0 Å². The van der Waals surface area contributed by atoms with Crippen LogP contribution >= 0.6 is 0 Å². The lowest BCUT2D eigenvalue weighted by Crippen LogP contribution is -2.35. The molecule has 2 aliphatic heterocycles. The van der Waals surface area contributed by atoms with Crippen LogP contribution in [0.5, 0.6) is 11.5 Å². The van der Waals surface area contributed by atoms with Gasteiger partial charge in [-0.2, -0.15) is 5.10 Å². The molecular formula is C19H17N3O3. The van der Waals surface area contributed by atoms with Crippen LogP contribution in [0.2, 0.25) is 0 Å². The van der Waals surface area contributed by atoms with Crippen molar-refractivity contribution in [2.75, 3.05) is 26.3 Å². The summed E-state index contributed by atoms with van der Waals surface area (Å²) in [5.41, 5.74) is 2.70. The fraction of sp³-hybridized carbons (Fsp3) is 0.263. The van der Waals surface area contributed by atoms with Gasteiger partial charge in [-0.25, -0.2) is 5.10 Å². The molecule has 3 heterocycles. The number of aromatic amines is 1. The molecule has 1 fully saturated rings. The second-order valence-corrected chi connectivity index (χ2v) is 6.40. The van der Waals surface area contributed by atoms with Crippen LogP contribution in [0.3, 0.4) is 0 Å². The van der Waals surface area contributed by atoms with Crippen molar-refractivity contribution in [1.82, 2.24) is 15.1 Å². The highest BCUT2D eigenvalue weighted by molar-refractivity contribution is 6.01. The maximum atomic E-state index is 12.1. The van der Waals surface area contributed by atoms with Crippen LogP contribution in [0.15, 0.2) is 41.2 Å². The summed E-state index contributed by atoms with van der Waals surface area (Å²) < 4.78 is 11.4. The minimum atomic E-state index is -0.197. The van der Waals surface area contributed by atoms with E-state index in [-0.39, 0.29) is 5.56 Å². The highest BCUT2D eigenvalue weighted by Gasteiger charge is 2.23. The number of nitrogens with zero attached hydrogens (tertiary/aromatic N) is 2. The van der Waals surface area contributed by atoms with E-state index in [1.807, 2.05) is 18.2 Å². The van der Waals surface area contributed by atoms with Crippen LogP contribution in [-0.4, -0.2) is 41.4 Å². The molecule has 25 heavy (non-hydrogen) atoms. The van der Waals surface area contributed by atoms with Gasteiger partial charge in [-0.1, -0.05) is 12.1 Å². The van der Waals surface area contributed by atoms with E-state index in [1.54, 1.807) is 6.07 Å². The van der Waals surface area contributed by atoms with Crippen molar-refractivity contribution >= 4 is 10.8 Å². The molecule has 1 N–H and O–H groups in total. The van der Waals surface area contributed by atoms with Gasteiger partial charge in [-0.15, -0.1) is 0 Å². The number of fused-ring (bicyclic) bond motifs is 2. The average molecular weight is 335 g/mol. The Bertz CT molecular complexity index is 1020. The topological polar surface area (TPSA) is 67.5 Å². The van der Waals surface area contributed by atoms with Crippen molar-refractivity contribution < 1.29 is 9.47 Å². The second kappa shape index (κ2) is 5.68. The third-order valence-electron chi connectivity index (χ3n) is 4.81. The Hall–Kier alpha value is -2.70. The molecule has 2 aromatic carbocycles. The van der Waals surface area contributed by atoms with Crippen molar-refractivity contribution in [3.63, 3.8) is 0 Å². The van der Waals surface area contributed by atoms with E-state index >= 15 is 0 Å². The Labute approximate surface area is 144 Å². The Kier molecular flexibility index (Phi) is 3.33. The van der Waals surface area contributed by atoms with Gasteiger partial charge in [-0.3, -0.25) is 9.69 Å². The highest BCUT2D eigenvalue weighted by Crippen LogP contribution is 2.44. The fourth-order valence-corrected chi connectivity index (χ4v) is 3.55. The van der Waals surface area contributed by atoms with E-state index in [9.17, 15) is 4.79 Å². The summed E-state index contributed by atoms with van der Waals surface area (Å²) in [4.78, 5) is 14.4. The van der Waals surface area contributed by atoms with Gasteiger partial charge in [0.05, 0.1) is 24.0 Å². The molecule has 2 aliphatic rings. The Morgan fingerprint density at radius 3 is 2.88 bits per heavy atom. The number of benzene rings is 2. The monoisotopic (exact) mass is 335 g/mol. The number of H-pyrrole nitrogens is 1. The number of ether oxygens (including phenoxy) is 2. The molecule has 0 radical (unpaired) electrons. The summed E-state index contributed by atoms with van der Waals surface area (Å²) in [5, 5.41) is 8.31. The van der Waals surface area contributed by atoms with Gasteiger partial charge in [0.25, 0.3) is 5.56 Å². The van der Waals surface area contributed by atoms with Crippen molar-refractivity contribution in [1.29, 1.82) is 0 Å². The Balaban J connectivity index is 1.61. The lowest BCUT2D eigenvalue weighted by molar-refractivity contribution is 0.0342. The molecule has 3 aromatic rings. The summed E-state index contributed by atoms with van der Waals surface area (Å²) >= 11 is 0. The first-order chi connectivity index (χ1) is 12.3. The molecule has 1 saturated heterocycles. The number of nitrogens with one attached hydrogen (secondary N) is 1. The van der Waals surface area contributed by atoms with Crippen LogP contribution in [0.25, 0.3) is 22.0 Å². The molecule has 0 bridgehead atoms. The molecule has 0 atom stereocenters. The number of aromatic nitrogens is 2. The van der Waals surface area contributed by atoms with Gasteiger partial charge >= 0.3 is 0 Å². The molecule has 0 unspecified atom stereocenters. The maximum absolute atomic E-state index is 12.1. The summed E-state index contributed by atoms with van der Waals surface area (Å²) in [6, 6.07) is 11.7. The van der Waals surface area contributed by atoms with E-state index in [1.165, 1.54) is 5.56 Å². The Morgan fingerprint density at radius 2 is 2.00 bits per heavy atom. The smallest absolute Gasteiger partial charge is 0.272 e. The summed E-state index contributed by atoms with van der Waals surface area (Å²) in [6.45, 7) is 4.31. The molecule has 6 nitrogen and oxygen atoms in total. The molecule has 1 aromatic heterocycles. The molecule has 126 valence electrons. The van der Waals surface area contributed by atoms with Crippen molar-refractivity contribution in [2.45, 2.75) is 6.54 Å². The first-order valence-electron chi connectivity index (χ1n) is 8.42. The Morgan fingerprint density at radius 1 is 1.12 bits per heavy atom. The number of morpholine rings is 1. The largest absolute Gasteiger partial charge is 0.456 e. The quantitative estimate of drug-likeness (QED) is 0.610. The summed E-state index contributed by atoms with van der Waals surface area (Å²) in [7, 11) is 0. The number of rotatable bonds is 2. The molecule has 5 rings (SSSR count). The molecule has 0 amide bonds. The normalized spacial score (nSPS) is 16.5. The molecule has 0 saturated carbocycles. The van der Waals surface area contributed by atoms with E-state index in [4.69, 9.17) is 9.47 Å². The maximum Gasteiger partial charge on any atom is 0.272 e. The second-order valence-electron chi connectivity index (χ2n) is 6.40. The zero-order valence-electron chi connectivity index (χ0n) is 13.6. The van der Waals surface area contributed by atoms with Gasteiger partial charge in [0.15, 0.2) is 0 Å². The minimum Gasteiger partial charge on any atom is -0.456 e. The van der Waals surface area contributed by atoms with Gasteiger partial charge in [-0.05, 0) is 29.8 Å². The standard InChI is InChI=1S/C19H17N3O3/c23-19-13-2-1-3-16-17(13)18(20-21-19)14-10-12(4-5-15(14)25-16)11-22-6-8-24-9-7-22/h1-5,10H,6-9,11H2,(H,21,23). The van der Waals surface area contributed by atoms with Crippen molar-refractivity contribution in [3.8, 4) is 22.8 Å². The predicted molar refractivity (Wildman–Crippen MR) is 94.0 cm³/mol. The van der Waals surface area contributed by atoms with Crippen LogP contribution in [0, 0.1) is 0 Å². The lowest BCUT2D eigenvalue weighted by Gasteiger charge is -2.27.